The van der Waals surface area contributed by atoms with Crippen molar-refractivity contribution >= 4 is 45.1 Å². The minimum Gasteiger partial charge on any atom is -0.460 e. The van der Waals surface area contributed by atoms with Gasteiger partial charge in [0.1, 0.15) is 28.8 Å². The Morgan fingerprint density at radius 2 is 2.05 bits per heavy atom. The molecule has 6 rings (SSSR count). The van der Waals surface area contributed by atoms with Gasteiger partial charge in [-0.05, 0) is 25.6 Å². The number of H-pyrrole nitrogens is 1. The number of nitrogens with zero attached hydrogens (tertiary/aromatic N) is 7. The number of amides is 1. The molecule has 2 aliphatic rings. The molecule has 2 fully saturated rings. The number of anilines is 1. The summed E-state index contributed by atoms with van der Waals surface area (Å²) in [4.78, 5) is 31.3. The third-order valence-electron chi connectivity index (χ3n) is 7.35. The van der Waals surface area contributed by atoms with Crippen LogP contribution in [0.5, 0.6) is 17.6 Å². The highest BCUT2D eigenvalue weighted by Gasteiger charge is 2.38. The number of carbonyl (C=O) groups is 1. The van der Waals surface area contributed by atoms with Gasteiger partial charge in [-0.3, -0.25) is 9.89 Å². The standard InChI is InChI=1S/C27H27ClF2N8O3/c1-3-20(39)37-8-10-38(11-9-37)24-16-4-6-31-25(41-23-17-13-32-35-19(17)12-18(29)21(23)28)22(16)33-26(34-24)40-15-27(30)5-7-36(2)14-27/h3-4,6,12-13H,1,5,7-11,14-15H2,2H3,(H,32,35)/t27-/m0/s1. The van der Waals surface area contributed by atoms with Crippen molar-refractivity contribution in [2.45, 2.75) is 12.1 Å². The van der Waals surface area contributed by atoms with Crippen molar-refractivity contribution in [2.24, 2.45) is 0 Å². The van der Waals surface area contributed by atoms with Gasteiger partial charge in [0.15, 0.2) is 11.4 Å². The quantitative estimate of drug-likeness (QED) is 0.325. The molecule has 41 heavy (non-hydrogen) atoms. The van der Waals surface area contributed by atoms with Gasteiger partial charge in [-0.2, -0.15) is 15.1 Å². The number of likely N-dealkylation sites (tertiary alicyclic amines) is 1. The highest BCUT2D eigenvalue weighted by molar-refractivity contribution is 6.33. The van der Waals surface area contributed by atoms with Crippen molar-refractivity contribution in [3.63, 3.8) is 0 Å². The predicted octanol–water partition coefficient (Wildman–Crippen LogP) is 3.74. The summed E-state index contributed by atoms with van der Waals surface area (Å²) in [5, 5.41) is 7.46. The number of alkyl halides is 1. The maximum absolute atomic E-state index is 15.4. The van der Waals surface area contributed by atoms with Crippen LogP contribution in [0.2, 0.25) is 5.02 Å². The first-order valence-corrected chi connectivity index (χ1v) is 13.4. The summed E-state index contributed by atoms with van der Waals surface area (Å²) in [5.41, 5.74) is -0.881. The van der Waals surface area contributed by atoms with E-state index in [2.05, 4.69) is 31.7 Å². The van der Waals surface area contributed by atoms with E-state index >= 15 is 4.39 Å². The van der Waals surface area contributed by atoms with Crippen LogP contribution in [-0.4, -0.2) is 99.4 Å². The van der Waals surface area contributed by atoms with Crippen molar-refractivity contribution in [2.75, 3.05) is 57.8 Å². The Labute approximate surface area is 238 Å². The van der Waals surface area contributed by atoms with Crippen LogP contribution in [-0.2, 0) is 4.79 Å². The number of pyridine rings is 1. The zero-order chi connectivity index (χ0) is 28.7. The van der Waals surface area contributed by atoms with E-state index in [1.54, 1.807) is 11.0 Å². The average Bonchev–Trinajstić information content (AvgIpc) is 3.59. The summed E-state index contributed by atoms with van der Waals surface area (Å²) in [5.74, 6) is -0.278. The van der Waals surface area contributed by atoms with E-state index in [1.165, 1.54) is 24.5 Å². The monoisotopic (exact) mass is 584 g/mol. The lowest BCUT2D eigenvalue weighted by Crippen LogP contribution is -2.48. The number of rotatable bonds is 7. The molecule has 1 amide bonds. The van der Waals surface area contributed by atoms with E-state index in [-0.39, 0.29) is 47.2 Å². The molecule has 214 valence electrons. The minimum absolute atomic E-state index is 0.0197. The Morgan fingerprint density at radius 1 is 1.24 bits per heavy atom. The van der Waals surface area contributed by atoms with Crippen LogP contribution in [0.25, 0.3) is 21.8 Å². The van der Waals surface area contributed by atoms with Gasteiger partial charge in [0.25, 0.3) is 0 Å². The molecule has 14 heteroatoms. The van der Waals surface area contributed by atoms with Gasteiger partial charge in [-0.15, -0.1) is 0 Å². The number of ether oxygens (including phenoxy) is 2. The molecule has 11 nitrogen and oxygen atoms in total. The van der Waals surface area contributed by atoms with Gasteiger partial charge in [0.05, 0.1) is 22.5 Å². The SMILES string of the molecule is C=CC(=O)N1CCN(c2nc(OC[C@]3(F)CCN(C)C3)nc3c(Oc4c(Cl)c(F)cc5[nH]ncc45)nccc23)CC1. The number of aromatic nitrogens is 5. The van der Waals surface area contributed by atoms with Gasteiger partial charge in [-0.25, -0.2) is 13.8 Å². The van der Waals surface area contributed by atoms with Crippen LogP contribution >= 0.6 is 11.6 Å². The average molecular weight is 585 g/mol. The third kappa shape index (κ3) is 5.22. The summed E-state index contributed by atoms with van der Waals surface area (Å²) in [7, 11) is 1.85. The molecule has 4 aromatic rings. The molecule has 0 bridgehead atoms. The number of nitrogens with one attached hydrogen (secondary N) is 1. The van der Waals surface area contributed by atoms with Gasteiger partial charge in [-0.1, -0.05) is 18.2 Å². The van der Waals surface area contributed by atoms with Crippen LogP contribution in [0, 0.1) is 5.82 Å². The largest absolute Gasteiger partial charge is 0.460 e. The van der Waals surface area contributed by atoms with Crippen molar-refractivity contribution in [1.82, 2.24) is 34.9 Å². The number of fused-ring (bicyclic) bond motifs is 2. The van der Waals surface area contributed by atoms with E-state index in [0.717, 1.165) is 0 Å². The van der Waals surface area contributed by atoms with Crippen LogP contribution in [0.1, 0.15) is 6.42 Å². The summed E-state index contributed by atoms with van der Waals surface area (Å²) in [6.45, 7) is 6.06. The molecular formula is C27H27ClF2N8O3. The molecule has 0 saturated carbocycles. The molecule has 1 N–H and O–H groups in total. The van der Waals surface area contributed by atoms with E-state index in [0.29, 0.717) is 61.3 Å². The first-order chi connectivity index (χ1) is 19.7. The Balaban J connectivity index is 1.40. The van der Waals surface area contributed by atoms with E-state index < -0.39 is 11.5 Å². The lowest BCUT2D eigenvalue weighted by molar-refractivity contribution is -0.126. The maximum atomic E-state index is 15.4. The zero-order valence-electron chi connectivity index (χ0n) is 22.2. The number of carbonyl (C=O) groups excluding carboxylic acids is 1. The fourth-order valence-corrected chi connectivity index (χ4v) is 5.38. The number of hydrogen-bond acceptors (Lipinski definition) is 9. The second-order valence-corrected chi connectivity index (χ2v) is 10.6. The van der Waals surface area contributed by atoms with Crippen LogP contribution in [0.4, 0.5) is 14.6 Å². The highest BCUT2D eigenvalue weighted by atomic mass is 35.5. The Bertz CT molecular complexity index is 1640. The maximum Gasteiger partial charge on any atom is 0.319 e. The second kappa shape index (κ2) is 10.7. The molecule has 3 aromatic heterocycles. The van der Waals surface area contributed by atoms with Gasteiger partial charge in [0.2, 0.25) is 11.8 Å². The minimum atomic E-state index is -1.54. The molecule has 2 aliphatic heterocycles. The fraction of sp³-hybridized carbons (Fsp3) is 0.370. The summed E-state index contributed by atoms with van der Waals surface area (Å²) < 4.78 is 41.9. The molecule has 1 aromatic carbocycles. The topological polar surface area (TPSA) is 113 Å². The zero-order valence-corrected chi connectivity index (χ0v) is 23.0. The first kappa shape index (κ1) is 27.1. The fourth-order valence-electron chi connectivity index (χ4n) is 5.19. The number of hydrogen-bond donors (Lipinski definition) is 1. The van der Waals surface area contributed by atoms with E-state index in [9.17, 15) is 9.18 Å². The summed E-state index contributed by atoms with van der Waals surface area (Å²) in [6, 6.07) is 2.90. The van der Waals surface area contributed by atoms with Crippen LogP contribution in [0.3, 0.4) is 0 Å². The van der Waals surface area contributed by atoms with Gasteiger partial charge in [0, 0.05) is 51.5 Å². The number of piperazine rings is 1. The van der Waals surface area contributed by atoms with E-state index in [4.69, 9.17) is 21.1 Å². The van der Waals surface area contributed by atoms with Crippen molar-refractivity contribution in [1.29, 1.82) is 0 Å². The molecule has 0 spiro atoms. The Kier molecular flexibility index (Phi) is 7.08. The van der Waals surface area contributed by atoms with Crippen LogP contribution < -0.4 is 14.4 Å². The first-order valence-electron chi connectivity index (χ1n) is 13.1. The second-order valence-electron chi connectivity index (χ2n) is 10.2. The van der Waals surface area contributed by atoms with Crippen molar-refractivity contribution < 1.29 is 23.0 Å². The Hall–Kier alpha value is -4.10. The molecule has 1 atom stereocenters. The third-order valence-corrected chi connectivity index (χ3v) is 7.71. The van der Waals surface area contributed by atoms with Gasteiger partial charge >= 0.3 is 6.01 Å². The normalized spacial score (nSPS) is 19.7. The summed E-state index contributed by atoms with van der Waals surface area (Å²) in [6.07, 6.45) is 4.61. The van der Waals surface area contributed by atoms with Gasteiger partial charge < -0.3 is 24.2 Å². The number of aromatic amines is 1. The smallest absolute Gasteiger partial charge is 0.319 e. The molecular weight excluding hydrogens is 558 g/mol. The highest BCUT2D eigenvalue weighted by Crippen LogP contribution is 2.40. The lowest BCUT2D eigenvalue weighted by Gasteiger charge is -2.35. The summed E-state index contributed by atoms with van der Waals surface area (Å²) >= 11 is 6.30. The number of benzene rings is 1. The molecule has 0 aliphatic carbocycles. The van der Waals surface area contributed by atoms with Crippen molar-refractivity contribution in [3.8, 4) is 17.6 Å². The number of halogens is 3. The van der Waals surface area contributed by atoms with Crippen molar-refractivity contribution in [3.05, 3.63) is 48.0 Å². The van der Waals surface area contributed by atoms with Crippen LogP contribution in [0.15, 0.2) is 37.2 Å². The Morgan fingerprint density at radius 3 is 2.78 bits per heavy atom. The van der Waals surface area contributed by atoms with E-state index in [1.807, 2.05) is 16.8 Å². The molecule has 0 radical (unpaired) electrons. The molecule has 2 saturated heterocycles. The molecule has 0 unspecified atom stereocenters. The molecule has 5 heterocycles. The lowest BCUT2D eigenvalue weighted by atomic mass is 10.1. The predicted molar refractivity (Wildman–Crippen MR) is 149 cm³/mol.